The fraction of sp³-hybridized carbons (Fsp3) is 0.476. The van der Waals surface area contributed by atoms with Crippen LogP contribution in [0.3, 0.4) is 0 Å². The van der Waals surface area contributed by atoms with E-state index in [-0.39, 0.29) is 35.3 Å². The molecule has 4 rings (SSSR count). The Kier molecular flexibility index (Phi) is 5.89. The van der Waals surface area contributed by atoms with Gasteiger partial charge in [0.25, 0.3) is 0 Å². The number of hydrogen-bond donors (Lipinski definition) is 2. The Morgan fingerprint density at radius 1 is 1.12 bits per heavy atom. The number of imidazole rings is 1. The third-order valence-corrected chi connectivity index (χ3v) is 6.37. The third kappa shape index (κ3) is 4.58. The van der Waals surface area contributed by atoms with Crippen LogP contribution in [0, 0.1) is 18.6 Å². The smallest absolute Gasteiger partial charge is 0.223 e. The molecule has 0 aliphatic heterocycles. The van der Waals surface area contributed by atoms with Gasteiger partial charge in [0.05, 0.1) is 18.0 Å². The minimum absolute atomic E-state index is 0.0127. The molecule has 11 heteroatoms. The molecule has 1 fully saturated rings. The van der Waals surface area contributed by atoms with Crippen molar-refractivity contribution < 1.29 is 17.2 Å². The largest absolute Gasteiger partial charge is 0.351 e. The summed E-state index contributed by atoms with van der Waals surface area (Å²) >= 11 is 0. The fourth-order valence-corrected chi connectivity index (χ4v) is 5.22. The molecule has 172 valence electrons. The zero-order valence-electron chi connectivity index (χ0n) is 18.4. The first-order valence-electron chi connectivity index (χ1n) is 10.5. The van der Waals surface area contributed by atoms with Gasteiger partial charge in [0.15, 0.2) is 11.6 Å². The van der Waals surface area contributed by atoms with Crippen LogP contribution < -0.4 is 10.0 Å². The van der Waals surface area contributed by atoms with Crippen molar-refractivity contribution >= 4 is 27.0 Å². The monoisotopic (exact) mass is 464 g/mol. The van der Waals surface area contributed by atoms with Crippen molar-refractivity contribution in [2.75, 3.05) is 11.6 Å². The lowest BCUT2D eigenvalue weighted by atomic mass is 10.1. The van der Waals surface area contributed by atoms with Crippen molar-refractivity contribution in [1.29, 1.82) is 0 Å². The highest BCUT2D eigenvalue weighted by atomic mass is 32.2. The first-order valence-corrected chi connectivity index (χ1v) is 12.4. The number of anilines is 1. The van der Waals surface area contributed by atoms with Crippen molar-refractivity contribution in [2.24, 2.45) is 0 Å². The van der Waals surface area contributed by atoms with Crippen LogP contribution in [0.5, 0.6) is 0 Å². The lowest BCUT2D eigenvalue weighted by Crippen LogP contribution is -2.33. The van der Waals surface area contributed by atoms with Crippen LogP contribution in [0.25, 0.3) is 22.3 Å². The summed E-state index contributed by atoms with van der Waals surface area (Å²) in [6, 6.07) is 2.75. The van der Waals surface area contributed by atoms with E-state index in [9.17, 15) is 17.2 Å². The molecule has 2 N–H and O–H groups in total. The molecule has 0 bridgehead atoms. The lowest BCUT2D eigenvalue weighted by molar-refractivity contribution is 0.555. The van der Waals surface area contributed by atoms with E-state index in [2.05, 4.69) is 25.0 Å². The Hall–Kier alpha value is -2.66. The number of nitrogens with one attached hydrogen (secondary N) is 2. The standard InChI is InChI=1S/C21H26F2N6O2S/c1-11(2)29-12(3)25-20-16(22)7-13(8-18(20)29)19-17(23)10-24-21(27-19)26-14-5-6-15(9-14)28-32(4,30)31/h7-8,10-11,14-15,28H,5-6,9H2,1-4H3,(H,24,26,27)/t14-,15-/m0/s1. The van der Waals surface area contributed by atoms with E-state index in [4.69, 9.17) is 0 Å². The second-order valence-electron chi connectivity index (χ2n) is 8.58. The molecule has 8 nitrogen and oxygen atoms in total. The highest BCUT2D eigenvalue weighted by Crippen LogP contribution is 2.30. The summed E-state index contributed by atoms with van der Waals surface area (Å²) in [6.45, 7) is 5.75. The number of aryl methyl sites for hydroxylation is 1. The lowest BCUT2D eigenvalue weighted by Gasteiger charge is -2.15. The van der Waals surface area contributed by atoms with Crippen LogP contribution in [-0.4, -0.2) is 46.3 Å². The van der Waals surface area contributed by atoms with Gasteiger partial charge in [-0.15, -0.1) is 0 Å². The van der Waals surface area contributed by atoms with Crippen molar-refractivity contribution in [2.45, 2.75) is 58.2 Å². The predicted octanol–water partition coefficient (Wildman–Crippen LogP) is 3.54. The Labute approximate surface area is 185 Å². The summed E-state index contributed by atoms with van der Waals surface area (Å²) in [5, 5.41) is 3.14. The molecule has 1 aliphatic carbocycles. The van der Waals surface area contributed by atoms with E-state index in [0.717, 1.165) is 18.9 Å². The number of fused-ring (bicyclic) bond motifs is 1. The highest BCUT2D eigenvalue weighted by molar-refractivity contribution is 7.88. The molecule has 0 amide bonds. The molecule has 1 aromatic carbocycles. The van der Waals surface area contributed by atoms with Gasteiger partial charge in [-0.2, -0.15) is 0 Å². The number of sulfonamides is 1. The predicted molar refractivity (Wildman–Crippen MR) is 119 cm³/mol. The maximum Gasteiger partial charge on any atom is 0.223 e. The normalized spacial score (nSPS) is 19.2. The third-order valence-electron chi connectivity index (χ3n) is 5.61. The fourth-order valence-electron chi connectivity index (χ4n) is 4.40. The maximum absolute atomic E-state index is 14.8. The molecule has 1 aliphatic rings. The number of aromatic nitrogens is 4. The second-order valence-corrected chi connectivity index (χ2v) is 10.4. The minimum atomic E-state index is -3.28. The van der Waals surface area contributed by atoms with Gasteiger partial charge in [0, 0.05) is 23.7 Å². The molecule has 3 aromatic rings. The number of nitrogens with zero attached hydrogens (tertiary/aromatic N) is 4. The van der Waals surface area contributed by atoms with E-state index in [0.29, 0.717) is 29.7 Å². The highest BCUT2D eigenvalue weighted by Gasteiger charge is 2.27. The summed E-state index contributed by atoms with van der Waals surface area (Å²) in [5.74, 6) is -0.321. The van der Waals surface area contributed by atoms with Crippen LogP contribution in [0.2, 0.25) is 0 Å². The first kappa shape index (κ1) is 22.5. The Morgan fingerprint density at radius 3 is 2.53 bits per heavy atom. The van der Waals surface area contributed by atoms with E-state index in [1.807, 2.05) is 18.4 Å². The molecule has 0 unspecified atom stereocenters. The van der Waals surface area contributed by atoms with Crippen LogP contribution in [0.4, 0.5) is 14.7 Å². The number of rotatable bonds is 6. The molecule has 0 radical (unpaired) electrons. The van der Waals surface area contributed by atoms with Crippen molar-refractivity contribution in [1.82, 2.24) is 24.2 Å². The van der Waals surface area contributed by atoms with Gasteiger partial charge in [0.2, 0.25) is 16.0 Å². The minimum Gasteiger partial charge on any atom is -0.351 e. The summed E-state index contributed by atoms with van der Waals surface area (Å²) < 4.78 is 56.8. The average molecular weight is 465 g/mol. The molecule has 32 heavy (non-hydrogen) atoms. The molecular weight excluding hydrogens is 438 g/mol. The van der Waals surface area contributed by atoms with E-state index < -0.39 is 21.7 Å². The average Bonchev–Trinajstić information content (AvgIpc) is 3.25. The topological polar surface area (TPSA) is 102 Å². The maximum atomic E-state index is 14.8. The van der Waals surface area contributed by atoms with Crippen LogP contribution in [0.15, 0.2) is 18.3 Å². The van der Waals surface area contributed by atoms with Crippen molar-refractivity contribution in [3.8, 4) is 11.3 Å². The summed E-state index contributed by atoms with van der Waals surface area (Å²) in [4.78, 5) is 12.6. The van der Waals surface area contributed by atoms with Crippen LogP contribution in [-0.2, 0) is 10.0 Å². The molecule has 0 spiro atoms. The Morgan fingerprint density at radius 2 is 1.84 bits per heavy atom. The van der Waals surface area contributed by atoms with E-state index >= 15 is 0 Å². The van der Waals surface area contributed by atoms with Gasteiger partial charge in [-0.1, -0.05) is 0 Å². The summed E-state index contributed by atoms with van der Waals surface area (Å²) in [5.41, 5.74) is 1.10. The number of benzene rings is 1. The van der Waals surface area contributed by atoms with Crippen LogP contribution in [0.1, 0.15) is 45.0 Å². The van der Waals surface area contributed by atoms with Gasteiger partial charge in [-0.3, -0.25) is 0 Å². The van der Waals surface area contributed by atoms with Gasteiger partial charge >= 0.3 is 0 Å². The molecule has 0 saturated heterocycles. The molecular formula is C21H26F2N6O2S. The first-order chi connectivity index (χ1) is 15.0. The summed E-state index contributed by atoms with van der Waals surface area (Å²) in [7, 11) is -3.28. The SMILES string of the molecule is Cc1nc2c(F)cc(-c3nc(N[C@H]4CC[C@H](NS(C)(=O)=O)C4)ncc3F)cc2n1C(C)C. The molecule has 2 heterocycles. The van der Waals surface area contributed by atoms with E-state index in [1.54, 1.807) is 13.0 Å². The second kappa shape index (κ2) is 8.36. The molecule has 2 aromatic heterocycles. The zero-order chi connectivity index (χ0) is 23.2. The van der Waals surface area contributed by atoms with Gasteiger partial charge < -0.3 is 9.88 Å². The van der Waals surface area contributed by atoms with Gasteiger partial charge in [0.1, 0.15) is 17.0 Å². The van der Waals surface area contributed by atoms with Gasteiger partial charge in [-0.05, 0) is 52.2 Å². The Bertz CT molecular complexity index is 1280. The van der Waals surface area contributed by atoms with Gasteiger partial charge in [-0.25, -0.2) is 36.9 Å². The van der Waals surface area contributed by atoms with Crippen LogP contribution >= 0.6 is 0 Å². The quantitative estimate of drug-likeness (QED) is 0.579. The Balaban J connectivity index is 1.64. The zero-order valence-corrected chi connectivity index (χ0v) is 19.2. The van der Waals surface area contributed by atoms with Crippen molar-refractivity contribution in [3.05, 3.63) is 35.8 Å². The molecule has 1 saturated carbocycles. The summed E-state index contributed by atoms with van der Waals surface area (Å²) in [6.07, 6.45) is 4.15. The molecule has 2 atom stereocenters. The van der Waals surface area contributed by atoms with Crippen molar-refractivity contribution in [3.63, 3.8) is 0 Å². The number of halogens is 2. The number of hydrogen-bond acceptors (Lipinski definition) is 6. The van der Waals surface area contributed by atoms with E-state index in [1.165, 1.54) is 6.07 Å².